The van der Waals surface area contributed by atoms with Gasteiger partial charge in [0.15, 0.2) is 0 Å². The molecule has 6 rings (SSSR count). The van der Waals surface area contributed by atoms with E-state index in [0.717, 1.165) is 38.5 Å². The van der Waals surface area contributed by atoms with Gasteiger partial charge in [0, 0.05) is 24.3 Å². The van der Waals surface area contributed by atoms with Crippen LogP contribution in [0.1, 0.15) is 139 Å². The van der Waals surface area contributed by atoms with Crippen LogP contribution >= 0.6 is 0 Å². The molecular formula is C41H65NO5. The van der Waals surface area contributed by atoms with E-state index in [4.69, 9.17) is 5.11 Å². The number of aliphatic hydroxyl groups excluding tert-OH is 1. The fourth-order valence-electron chi connectivity index (χ4n) is 14.3. The van der Waals surface area contributed by atoms with E-state index in [2.05, 4.69) is 67.3 Å². The Balaban J connectivity index is 1.25. The van der Waals surface area contributed by atoms with Crippen molar-refractivity contribution in [2.75, 3.05) is 6.54 Å². The number of hydrogen-bond donors (Lipinski definition) is 3. The Bertz CT molecular complexity index is 1320. The van der Waals surface area contributed by atoms with Crippen LogP contribution in [0.3, 0.4) is 0 Å². The number of carbonyl (C=O) groups is 3. The molecule has 6 aliphatic carbocycles. The summed E-state index contributed by atoms with van der Waals surface area (Å²) in [5.41, 5.74) is 1.25. The SMILES string of the molecule is C=C(C)[C@@H]1CC[C@]2(C(=O)C[C@@H]3C[C@H](C(=O)NCCC(=O)O)C3(C)C)CC[C@]3(C)[C@H](CC[C@@H]4[C@@]5(C)CC[C@H](O)C(C)(C)[C@@H]5CC[C@]43C)[C@@H]12. The number of hydrogen-bond acceptors (Lipinski definition) is 4. The molecule has 264 valence electrons. The maximum absolute atomic E-state index is 14.8. The summed E-state index contributed by atoms with van der Waals surface area (Å²) in [6, 6.07) is 0. The molecule has 0 aromatic heterocycles. The lowest BCUT2D eigenvalue weighted by Gasteiger charge is -2.73. The maximum atomic E-state index is 14.8. The molecule has 1 amide bonds. The summed E-state index contributed by atoms with van der Waals surface area (Å²) < 4.78 is 0. The molecule has 6 saturated carbocycles. The van der Waals surface area contributed by atoms with Crippen molar-refractivity contribution >= 4 is 17.7 Å². The zero-order chi connectivity index (χ0) is 34.5. The molecule has 0 aliphatic heterocycles. The van der Waals surface area contributed by atoms with Crippen LogP contribution in [-0.4, -0.2) is 40.5 Å². The van der Waals surface area contributed by atoms with Crippen LogP contribution in [-0.2, 0) is 14.4 Å². The lowest BCUT2D eigenvalue weighted by molar-refractivity contribution is -0.246. The number of allylic oxidation sites excluding steroid dienone is 1. The molecule has 0 bridgehead atoms. The first-order chi connectivity index (χ1) is 21.8. The standard InChI is InChI=1S/C41H65NO5/c1-24(2)26-12-18-41(32(44)23-25-22-28(36(25,3)4)35(47)42-21-15-33(45)46)20-19-39(8)27(34(26)41)10-11-30-38(7)16-14-31(43)37(5,6)29(38)13-17-40(30,39)9/h25-31,34,43H,1,10-23H2,2-9H3,(H,42,47)(H,45,46)/t25-,26-,27+,28+,29-,30+,31-,34+,38-,39+,40+,41+/m0/s1. The van der Waals surface area contributed by atoms with Gasteiger partial charge in [-0.2, -0.15) is 0 Å². The minimum Gasteiger partial charge on any atom is -0.481 e. The van der Waals surface area contributed by atoms with Gasteiger partial charge in [-0.25, -0.2) is 0 Å². The number of amides is 1. The van der Waals surface area contributed by atoms with Crippen molar-refractivity contribution in [2.45, 2.75) is 145 Å². The van der Waals surface area contributed by atoms with Crippen LogP contribution in [0, 0.1) is 73.9 Å². The lowest BCUT2D eigenvalue weighted by atomic mass is 9.32. The largest absolute Gasteiger partial charge is 0.481 e. The monoisotopic (exact) mass is 651 g/mol. The van der Waals surface area contributed by atoms with Gasteiger partial charge < -0.3 is 15.5 Å². The van der Waals surface area contributed by atoms with E-state index in [0.29, 0.717) is 48.2 Å². The van der Waals surface area contributed by atoms with Crippen molar-refractivity contribution in [2.24, 2.45) is 73.9 Å². The molecule has 0 unspecified atom stereocenters. The Morgan fingerprint density at radius 3 is 2.15 bits per heavy atom. The number of carboxylic acid groups (broad SMARTS) is 1. The van der Waals surface area contributed by atoms with Crippen molar-refractivity contribution in [3.05, 3.63) is 12.2 Å². The lowest BCUT2D eigenvalue weighted by Crippen LogP contribution is -2.67. The molecular weight excluding hydrogens is 586 g/mol. The summed E-state index contributed by atoms with van der Waals surface area (Å²) in [5, 5.41) is 22.9. The van der Waals surface area contributed by atoms with Gasteiger partial charge in [0.25, 0.3) is 0 Å². The van der Waals surface area contributed by atoms with Crippen LogP contribution < -0.4 is 5.32 Å². The summed E-state index contributed by atoms with van der Waals surface area (Å²) in [6.07, 6.45) is 12.0. The highest BCUT2D eigenvalue weighted by molar-refractivity contribution is 5.87. The predicted molar refractivity (Wildman–Crippen MR) is 185 cm³/mol. The number of Topliss-reactive ketones (excluding diaryl/α,β-unsaturated/α-hetero) is 1. The minimum atomic E-state index is -0.911. The third-order valence-electron chi connectivity index (χ3n) is 17.5. The van der Waals surface area contributed by atoms with Crippen LogP contribution in [0.4, 0.5) is 0 Å². The third kappa shape index (κ3) is 4.89. The number of aliphatic carboxylic acids is 1. The number of aliphatic hydroxyl groups is 1. The Hall–Kier alpha value is -1.69. The number of rotatable bonds is 8. The van der Waals surface area contributed by atoms with E-state index in [1.54, 1.807) is 0 Å². The Labute approximate surface area is 284 Å². The average Bonchev–Trinajstić information content (AvgIpc) is 3.38. The number of nitrogens with one attached hydrogen (secondary N) is 1. The second-order valence-electron chi connectivity index (χ2n) is 19.6. The van der Waals surface area contributed by atoms with Crippen LogP contribution in [0.15, 0.2) is 12.2 Å². The van der Waals surface area contributed by atoms with E-state index >= 15 is 0 Å². The van der Waals surface area contributed by atoms with Crippen molar-refractivity contribution in [1.82, 2.24) is 5.32 Å². The van der Waals surface area contributed by atoms with Crippen molar-refractivity contribution in [3.8, 4) is 0 Å². The van der Waals surface area contributed by atoms with Crippen molar-refractivity contribution < 1.29 is 24.6 Å². The fraction of sp³-hybridized carbons (Fsp3) is 0.878. The molecule has 47 heavy (non-hydrogen) atoms. The first kappa shape index (κ1) is 35.1. The maximum Gasteiger partial charge on any atom is 0.305 e. The van der Waals surface area contributed by atoms with Crippen molar-refractivity contribution in [1.29, 1.82) is 0 Å². The quantitative estimate of drug-likeness (QED) is 0.230. The van der Waals surface area contributed by atoms with Gasteiger partial charge in [0.2, 0.25) is 5.91 Å². The molecule has 3 N–H and O–H groups in total. The second-order valence-corrected chi connectivity index (χ2v) is 19.6. The Kier molecular flexibility index (Phi) is 8.54. The molecule has 0 aromatic rings. The van der Waals surface area contributed by atoms with Crippen LogP contribution in [0.25, 0.3) is 0 Å². The zero-order valence-electron chi connectivity index (χ0n) is 30.8. The number of carboxylic acids is 1. The summed E-state index contributed by atoms with van der Waals surface area (Å²) in [4.78, 5) is 38.7. The summed E-state index contributed by atoms with van der Waals surface area (Å²) in [5.74, 6) is 1.89. The summed E-state index contributed by atoms with van der Waals surface area (Å²) in [6.45, 7) is 23.6. The molecule has 0 aromatic carbocycles. The van der Waals surface area contributed by atoms with E-state index in [1.807, 2.05) is 0 Å². The Morgan fingerprint density at radius 2 is 1.51 bits per heavy atom. The highest BCUT2D eigenvalue weighted by Gasteiger charge is 2.72. The highest BCUT2D eigenvalue weighted by atomic mass is 16.4. The van der Waals surface area contributed by atoms with Crippen LogP contribution in [0.5, 0.6) is 0 Å². The van der Waals surface area contributed by atoms with E-state index in [1.165, 1.54) is 31.3 Å². The van der Waals surface area contributed by atoms with Crippen LogP contribution in [0.2, 0.25) is 0 Å². The molecule has 12 atom stereocenters. The molecule has 6 nitrogen and oxygen atoms in total. The number of fused-ring (bicyclic) bond motifs is 7. The minimum absolute atomic E-state index is 0.0514. The first-order valence-electron chi connectivity index (χ1n) is 19.1. The molecule has 6 fully saturated rings. The number of carbonyl (C=O) groups excluding carboxylic acids is 2. The molecule has 6 aliphatic rings. The fourth-order valence-corrected chi connectivity index (χ4v) is 14.3. The second kappa shape index (κ2) is 11.4. The van der Waals surface area contributed by atoms with E-state index < -0.39 is 5.97 Å². The predicted octanol–water partition coefficient (Wildman–Crippen LogP) is 8.22. The van der Waals surface area contributed by atoms with Gasteiger partial charge >= 0.3 is 5.97 Å². The molecule has 0 spiro atoms. The summed E-state index contributed by atoms with van der Waals surface area (Å²) >= 11 is 0. The zero-order valence-corrected chi connectivity index (χ0v) is 30.8. The topological polar surface area (TPSA) is 104 Å². The normalized spacial score (nSPS) is 47.7. The van der Waals surface area contributed by atoms with Gasteiger partial charge in [-0.1, -0.05) is 60.6 Å². The van der Waals surface area contributed by atoms with Gasteiger partial charge in [-0.3, -0.25) is 14.4 Å². The molecule has 0 radical (unpaired) electrons. The Morgan fingerprint density at radius 1 is 0.809 bits per heavy atom. The smallest absolute Gasteiger partial charge is 0.305 e. The van der Waals surface area contributed by atoms with Gasteiger partial charge in [0.05, 0.1) is 12.5 Å². The first-order valence-corrected chi connectivity index (χ1v) is 19.1. The van der Waals surface area contributed by atoms with Gasteiger partial charge in [-0.15, -0.1) is 0 Å². The summed E-state index contributed by atoms with van der Waals surface area (Å²) in [7, 11) is 0. The van der Waals surface area contributed by atoms with E-state index in [-0.39, 0.29) is 69.3 Å². The van der Waals surface area contributed by atoms with E-state index in [9.17, 15) is 19.5 Å². The van der Waals surface area contributed by atoms with Crippen molar-refractivity contribution in [3.63, 3.8) is 0 Å². The molecule has 0 saturated heterocycles. The number of ketones is 1. The van der Waals surface area contributed by atoms with Gasteiger partial charge in [0.1, 0.15) is 5.78 Å². The molecule has 6 heteroatoms. The highest BCUT2D eigenvalue weighted by Crippen LogP contribution is 2.78. The van der Waals surface area contributed by atoms with Gasteiger partial charge in [-0.05, 0) is 140 Å². The molecule has 0 heterocycles. The third-order valence-corrected chi connectivity index (χ3v) is 17.5. The average molecular weight is 652 g/mol.